The minimum absolute atomic E-state index is 0.0663. The Balaban J connectivity index is 1.68. The number of carbonyl (C=O) groups excluding carboxylic acids is 1. The first-order valence-electron chi connectivity index (χ1n) is 11.8. The van der Waals surface area contributed by atoms with E-state index in [4.69, 9.17) is 4.74 Å². The minimum atomic E-state index is -0.269. The van der Waals surface area contributed by atoms with Crippen LogP contribution < -0.4 is 10.1 Å². The van der Waals surface area contributed by atoms with E-state index in [-0.39, 0.29) is 17.8 Å². The maximum absolute atomic E-state index is 12.6. The number of amides is 1. The number of aromatic nitrogens is 3. The van der Waals surface area contributed by atoms with Crippen molar-refractivity contribution in [2.24, 2.45) is 5.92 Å². The van der Waals surface area contributed by atoms with Gasteiger partial charge in [0.25, 0.3) is 0 Å². The van der Waals surface area contributed by atoms with Crippen LogP contribution in [-0.4, -0.2) is 26.4 Å². The van der Waals surface area contributed by atoms with Gasteiger partial charge < -0.3 is 14.6 Å². The van der Waals surface area contributed by atoms with Crippen molar-refractivity contribution in [1.29, 1.82) is 0 Å². The van der Waals surface area contributed by atoms with Gasteiger partial charge in [0, 0.05) is 12.2 Å². The molecular formula is C27H36N4O2S. The number of hydrogen-bond donors (Lipinski definition) is 1. The summed E-state index contributed by atoms with van der Waals surface area (Å²) >= 11 is 1.40. The fraction of sp³-hybridized carbons (Fsp3) is 0.444. The lowest BCUT2D eigenvalue weighted by atomic mass is 10.0. The fourth-order valence-electron chi connectivity index (χ4n) is 3.58. The molecule has 0 aliphatic carbocycles. The molecule has 182 valence electrons. The van der Waals surface area contributed by atoms with Gasteiger partial charge >= 0.3 is 0 Å². The molecule has 1 atom stereocenters. The average Bonchev–Trinajstić information content (AvgIpc) is 3.17. The molecule has 2 aromatic carbocycles. The zero-order valence-corrected chi connectivity index (χ0v) is 22.1. The van der Waals surface area contributed by atoms with Gasteiger partial charge in [-0.05, 0) is 73.6 Å². The summed E-state index contributed by atoms with van der Waals surface area (Å²) in [5.41, 5.74) is 4.44. The van der Waals surface area contributed by atoms with E-state index >= 15 is 0 Å². The van der Waals surface area contributed by atoms with Gasteiger partial charge in [0.1, 0.15) is 5.75 Å². The number of hydrogen-bond acceptors (Lipinski definition) is 5. The second kappa shape index (κ2) is 11.6. The molecule has 3 rings (SSSR count). The van der Waals surface area contributed by atoms with Crippen molar-refractivity contribution in [2.45, 2.75) is 72.2 Å². The van der Waals surface area contributed by atoms with Crippen molar-refractivity contribution in [2.75, 3.05) is 11.1 Å². The Morgan fingerprint density at radius 1 is 1.00 bits per heavy atom. The molecule has 7 heteroatoms. The normalized spacial score (nSPS) is 12.3. The van der Waals surface area contributed by atoms with Crippen LogP contribution in [0.4, 0.5) is 5.69 Å². The van der Waals surface area contributed by atoms with Crippen LogP contribution >= 0.6 is 11.8 Å². The standard InChI is InChI=1S/C27H36N4O2S/c1-17(2)15-31-26(21(7)33-24-12-9-22(10-13-24)18(3)4)29-30-27(31)34-16-25(32)28-23-11-8-19(5)20(6)14-23/h8-14,17-18,21H,15-16H2,1-7H3,(H,28,32). The van der Waals surface area contributed by atoms with Crippen molar-refractivity contribution in [1.82, 2.24) is 14.8 Å². The van der Waals surface area contributed by atoms with Gasteiger partial charge in [-0.1, -0.05) is 57.7 Å². The Kier molecular flexibility index (Phi) is 8.78. The number of nitrogens with one attached hydrogen (secondary N) is 1. The van der Waals surface area contributed by atoms with Crippen LogP contribution in [0.3, 0.4) is 0 Å². The van der Waals surface area contributed by atoms with E-state index in [2.05, 4.69) is 66.8 Å². The molecule has 0 fully saturated rings. The second-order valence-corrected chi connectivity index (χ2v) is 10.4. The maximum Gasteiger partial charge on any atom is 0.234 e. The third kappa shape index (κ3) is 6.86. The average molecular weight is 481 g/mol. The lowest BCUT2D eigenvalue weighted by Crippen LogP contribution is -2.17. The molecule has 0 saturated heterocycles. The highest BCUT2D eigenvalue weighted by Gasteiger charge is 2.21. The van der Waals surface area contributed by atoms with E-state index in [0.717, 1.165) is 34.5 Å². The van der Waals surface area contributed by atoms with Gasteiger partial charge in [-0.25, -0.2) is 0 Å². The summed E-state index contributed by atoms with van der Waals surface area (Å²) in [5, 5.41) is 12.5. The quantitative estimate of drug-likeness (QED) is 0.333. The highest BCUT2D eigenvalue weighted by molar-refractivity contribution is 7.99. The van der Waals surface area contributed by atoms with E-state index in [1.54, 1.807) is 0 Å². The highest BCUT2D eigenvalue weighted by atomic mass is 32.2. The Morgan fingerprint density at radius 2 is 1.71 bits per heavy atom. The number of anilines is 1. The first-order valence-corrected chi connectivity index (χ1v) is 12.8. The van der Waals surface area contributed by atoms with Gasteiger partial charge in [0.05, 0.1) is 5.75 Å². The second-order valence-electron chi connectivity index (χ2n) is 9.46. The first-order chi connectivity index (χ1) is 16.1. The molecule has 34 heavy (non-hydrogen) atoms. The van der Waals surface area contributed by atoms with Crippen LogP contribution in [0.1, 0.15) is 69.2 Å². The lowest BCUT2D eigenvalue weighted by molar-refractivity contribution is -0.113. The third-order valence-electron chi connectivity index (χ3n) is 5.64. The number of carbonyl (C=O) groups is 1. The van der Waals surface area contributed by atoms with E-state index in [1.165, 1.54) is 22.9 Å². The summed E-state index contributed by atoms with van der Waals surface area (Å²) in [5.74, 6) is 2.64. The summed E-state index contributed by atoms with van der Waals surface area (Å²) < 4.78 is 8.26. The van der Waals surface area contributed by atoms with Gasteiger partial charge in [-0.15, -0.1) is 10.2 Å². The van der Waals surface area contributed by atoms with Gasteiger partial charge in [0.15, 0.2) is 17.1 Å². The summed E-state index contributed by atoms with van der Waals surface area (Å²) in [6.45, 7) is 15.5. The smallest absolute Gasteiger partial charge is 0.234 e. The highest BCUT2D eigenvalue weighted by Crippen LogP contribution is 2.27. The van der Waals surface area contributed by atoms with Crippen LogP contribution in [0.2, 0.25) is 0 Å². The molecule has 1 unspecified atom stereocenters. The summed E-state index contributed by atoms with van der Waals surface area (Å²) in [6, 6.07) is 14.1. The van der Waals surface area contributed by atoms with Crippen LogP contribution in [0.15, 0.2) is 47.6 Å². The number of rotatable bonds is 10. The van der Waals surface area contributed by atoms with E-state index in [1.807, 2.05) is 44.2 Å². The molecule has 0 bridgehead atoms. The van der Waals surface area contributed by atoms with Crippen LogP contribution in [0.5, 0.6) is 5.75 Å². The SMILES string of the molecule is Cc1ccc(NC(=O)CSc2nnc(C(C)Oc3ccc(C(C)C)cc3)n2CC(C)C)cc1C. The first kappa shape index (κ1) is 25.8. The zero-order valence-electron chi connectivity index (χ0n) is 21.3. The minimum Gasteiger partial charge on any atom is -0.483 e. The van der Waals surface area contributed by atoms with Crippen molar-refractivity contribution in [3.8, 4) is 5.75 Å². The molecule has 0 aliphatic heterocycles. The third-order valence-corrected chi connectivity index (χ3v) is 6.61. The Bertz CT molecular complexity index is 1110. The van der Waals surface area contributed by atoms with Crippen LogP contribution in [0.25, 0.3) is 0 Å². The van der Waals surface area contributed by atoms with Gasteiger partial charge in [0.2, 0.25) is 5.91 Å². The van der Waals surface area contributed by atoms with Crippen LogP contribution in [-0.2, 0) is 11.3 Å². The molecular weight excluding hydrogens is 444 g/mol. The molecule has 6 nitrogen and oxygen atoms in total. The zero-order chi connectivity index (χ0) is 24.8. The van der Waals surface area contributed by atoms with Crippen molar-refractivity contribution >= 4 is 23.4 Å². The number of ether oxygens (including phenoxy) is 1. The molecule has 0 saturated carbocycles. The van der Waals surface area contributed by atoms with Crippen molar-refractivity contribution in [3.63, 3.8) is 0 Å². The van der Waals surface area contributed by atoms with E-state index < -0.39 is 0 Å². The molecule has 1 amide bonds. The van der Waals surface area contributed by atoms with Gasteiger partial charge in [-0.3, -0.25) is 4.79 Å². The summed E-state index contributed by atoms with van der Waals surface area (Å²) in [4.78, 5) is 12.6. The molecule has 0 spiro atoms. The van der Waals surface area contributed by atoms with E-state index in [0.29, 0.717) is 11.8 Å². The largest absolute Gasteiger partial charge is 0.483 e. The lowest BCUT2D eigenvalue weighted by Gasteiger charge is -2.18. The number of nitrogens with zero attached hydrogens (tertiary/aromatic N) is 3. The number of aryl methyl sites for hydroxylation is 2. The Morgan fingerprint density at radius 3 is 2.32 bits per heavy atom. The topological polar surface area (TPSA) is 69.0 Å². The summed E-state index contributed by atoms with van der Waals surface area (Å²) in [7, 11) is 0. The molecule has 1 N–H and O–H groups in total. The monoisotopic (exact) mass is 480 g/mol. The Labute approximate surface area is 207 Å². The maximum atomic E-state index is 12.6. The Hall–Kier alpha value is -2.80. The van der Waals surface area contributed by atoms with Crippen LogP contribution in [0, 0.1) is 19.8 Å². The van der Waals surface area contributed by atoms with Crippen molar-refractivity contribution in [3.05, 3.63) is 65.0 Å². The molecule has 1 heterocycles. The van der Waals surface area contributed by atoms with Gasteiger partial charge in [-0.2, -0.15) is 0 Å². The predicted molar refractivity (Wildman–Crippen MR) is 140 cm³/mol. The number of thioether (sulfide) groups is 1. The molecule has 0 aliphatic rings. The summed E-state index contributed by atoms with van der Waals surface area (Å²) in [6.07, 6.45) is -0.269. The van der Waals surface area contributed by atoms with E-state index in [9.17, 15) is 4.79 Å². The predicted octanol–water partition coefficient (Wildman–Crippen LogP) is 6.55. The molecule has 3 aromatic rings. The molecule has 0 radical (unpaired) electrons. The number of benzene rings is 2. The van der Waals surface area contributed by atoms with Crippen molar-refractivity contribution < 1.29 is 9.53 Å². The fourth-order valence-corrected chi connectivity index (χ4v) is 4.33. The molecule has 1 aromatic heterocycles.